The smallest absolute Gasteiger partial charge is 0.327 e. The second-order valence-electron chi connectivity index (χ2n) is 3.96. The lowest BCUT2D eigenvalue weighted by atomic mass is 10.2. The van der Waals surface area contributed by atoms with E-state index < -0.39 is 37.6 Å². The average Bonchev–Trinajstić information content (AvgIpc) is 2.34. The van der Waals surface area contributed by atoms with Crippen molar-refractivity contribution in [1.29, 1.82) is 0 Å². The number of non-ortho nitro benzene ring substituents is 1. The SMILES string of the molecule is CC(C)NOc1c([N+](=O)[O-])cc([N+](=O)[O-])cc1[N+](=O)[O-]. The van der Waals surface area contributed by atoms with Crippen LogP contribution in [0.15, 0.2) is 12.1 Å². The first-order valence-electron chi connectivity index (χ1n) is 5.27. The fourth-order valence-corrected chi connectivity index (χ4v) is 1.24. The van der Waals surface area contributed by atoms with Gasteiger partial charge in [-0.3, -0.25) is 30.3 Å². The number of nitro groups is 3. The van der Waals surface area contributed by atoms with Gasteiger partial charge in [-0.2, -0.15) is 5.48 Å². The van der Waals surface area contributed by atoms with Crippen LogP contribution < -0.4 is 10.3 Å². The van der Waals surface area contributed by atoms with Crippen molar-refractivity contribution in [1.82, 2.24) is 5.48 Å². The molecule has 0 saturated heterocycles. The Hall–Kier alpha value is -2.82. The number of nitro benzene ring substituents is 3. The lowest BCUT2D eigenvalue weighted by Crippen LogP contribution is -2.27. The molecule has 0 aliphatic heterocycles. The number of hydrogen-bond acceptors (Lipinski definition) is 8. The largest absolute Gasteiger partial charge is 0.394 e. The molecule has 0 atom stereocenters. The van der Waals surface area contributed by atoms with Crippen LogP contribution in [0.25, 0.3) is 0 Å². The second kappa shape index (κ2) is 5.88. The maximum absolute atomic E-state index is 10.9. The van der Waals surface area contributed by atoms with E-state index >= 15 is 0 Å². The summed E-state index contributed by atoms with van der Waals surface area (Å²) in [5, 5.41) is 32.4. The topological polar surface area (TPSA) is 151 Å². The van der Waals surface area contributed by atoms with Gasteiger partial charge in [0.1, 0.15) is 0 Å². The van der Waals surface area contributed by atoms with Crippen molar-refractivity contribution in [3.63, 3.8) is 0 Å². The summed E-state index contributed by atoms with van der Waals surface area (Å²) in [6.07, 6.45) is 0. The van der Waals surface area contributed by atoms with Gasteiger partial charge in [0.15, 0.2) is 0 Å². The van der Waals surface area contributed by atoms with E-state index in [4.69, 9.17) is 4.84 Å². The predicted octanol–water partition coefficient (Wildman–Crippen LogP) is 1.70. The predicted molar refractivity (Wildman–Crippen MR) is 65.3 cm³/mol. The highest BCUT2D eigenvalue weighted by Gasteiger charge is 2.32. The first kappa shape index (κ1) is 15.2. The van der Waals surface area contributed by atoms with Gasteiger partial charge in [-0.05, 0) is 13.8 Å². The van der Waals surface area contributed by atoms with Crippen LogP contribution in [-0.4, -0.2) is 20.8 Å². The van der Waals surface area contributed by atoms with Crippen LogP contribution in [0, 0.1) is 30.3 Å². The molecule has 0 heterocycles. The molecule has 11 heteroatoms. The van der Waals surface area contributed by atoms with Gasteiger partial charge in [0, 0.05) is 6.04 Å². The van der Waals surface area contributed by atoms with Gasteiger partial charge in [-0.15, -0.1) is 0 Å². The molecule has 0 aliphatic rings. The number of rotatable bonds is 6. The number of hydroxylamine groups is 1. The van der Waals surface area contributed by atoms with Crippen LogP contribution in [0.3, 0.4) is 0 Å². The third kappa shape index (κ3) is 3.35. The van der Waals surface area contributed by atoms with E-state index in [0.717, 1.165) is 0 Å². The van der Waals surface area contributed by atoms with Gasteiger partial charge in [-0.25, -0.2) is 0 Å². The van der Waals surface area contributed by atoms with Gasteiger partial charge in [0.25, 0.3) is 5.69 Å². The zero-order valence-electron chi connectivity index (χ0n) is 10.4. The summed E-state index contributed by atoms with van der Waals surface area (Å²) in [5.41, 5.74) is -0.165. The molecule has 1 rings (SSSR count). The Bertz CT molecular complexity index is 536. The van der Waals surface area contributed by atoms with Crippen molar-refractivity contribution in [3.8, 4) is 5.75 Å². The Morgan fingerprint density at radius 1 is 1.00 bits per heavy atom. The molecule has 0 bridgehead atoms. The van der Waals surface area contributed by atoms with Crippen molar-refractivity contribution in [2.75, 3.05) is 0 Å². The van der Waals surface area contributed by atoms with Crippen LogP contribution in [0.5, 0.6) is 5.75 Å². The zero-order chi connectivity index (χ0) is 15.4. The van der Waals surface area contributed by atoms with E-state index in [1.54, 1.807) is 13.8 Å². The molecule has 20 heavy (non-hydrogen) atoms. The Kier molecular flexibility index (Phi) is 4.48. The van der Waals surface area contributed by atoms with Gasteiger partial charge in [0.05, 0.1) is 26.9 Å². The summed E-state index contributed by atoms with van der Waals surface area (Å²) in [6.45, 7) is 3.28. The molecule has 11 nitrogen and oxygen atoms in total. The Balaban J connectivity index is 3.46. The number of benzene rings is 1. The van der Waals surface area contributed by atoms with E-state index in [1.165, 1.54) is 0 Å². The standard InChI is InChI=1S/C9H10N4O7/c1-5(2)10-20-9-7(12(16)17)3-6(11(14)15)4-8(9)13(18)19/h3-5,10H,1-2H3. The highest BCUT2D eigenvalue weighted by atomic mass is 16.7. The highest BCUT2D eigenvalue weighted by molar-refractivity contribution is 5.65. The van der Waals surface area contributed by atoms with Gasteiger partial charge < -0.3 is 4.84 Å². The minimum absolute atomic E-state index is 0.274. The molecule has 0 unspecified atom stereocenters. The summed E-state index contributed by atoms with van der Waals surface area (Å²) < 4.78 is 0. The van der Waals surface area contributed by atoms with Gasteiger partial charge in [0.2, 0.25) is 0 Å². The van der Waals surface area contributed by atoms with Crippen LogP contribution in [-0.2, 0) is 0 Å². The molecule has 0 fully saturated rings. The average molecular weight is 286 g/mol. The summed E-state index contributed by atoms with van der Waals surface area (Å²) in [4.78, 5) is 34.3. The molecule has 1 aromatic rings. The van der Waals surface area contributed by atoms with E-state index in [9.17, 15) is 30.3 Å². The summed E-state index contributed by atoms with van der Waals surface area (Å²) in [5.74, 6) is -0.681. The number of hydrogen-bond donors (Lipinski definition) is 1. The lowest BCUT2D eigenvalue weighted by Gasteiger charge is -2.10. The van der Waals surface area contributed by atoms with E-state index in [2.05, 4.69) is 5.48 Å². The Morgan fingerprint density at radius 3 is 1.75 bits per heavy atom. The molecular formula is C9H10N4O7. The fourth-order valence-electron chi connectivity index (χ4n) is 1.24. The van der Waals surface area contributed by atoms with Crippen molar-refractivity contribution < 1.29 is 19.6 Å². The summed E-state index contributed by atoms with van der Waals surface area (Å²) in [6, 6.07) is 0.929. The lowest BCUT2D eigenvalue weighted by molar-refractivity contribution is -0.404. The molecule has 0 amide bonds. The first-order valence-corrected chi connectivity index (χ1v) is 5.27. The van der Waals surface area contributed by atoms with E-state index in [-0.39, 0.29) is 6.04 Å². The molecule has 1 N–H and O–H groups in total. The minimum Gasteiger partial charge on any atom is -0.394 e. The maximum Gasteiger partial charge on any atom is 0.327 e. The molecule has 0 radical (unpaired) electrons. The van der Waals surface area contributed by atoms with Gasteiger partial charge in [-0.1, -0.05) is 0 Å². The quantitative estimate of drug-likeness (QED) is 0.612. The molecular weight excluding hydrogens is 276 g/mol. The molecule has 108 valence electrons. The van der Waals surface area contributed by atoms with Crippen molar-refractivity contribution in [2.45, 2.75) is 19.9 Å². The maximum atomic E-state index is 10.9. The molecule has 1 aromatic carbocycles. The molecule has 0 aliphatic carbocycles. The summed E-state index contributed by atoms with van der Waals surface area (Å²) >= 11 is 0. The van der Waals surface area contributed by atoms with Crippen molar-refractivity contribution >= 4 is 17.1 Å². The number of nitrogens with one attached hydrogen (secondary N) is 1. The zero-order valence-corrected chi connectivity index (χ0v) is 10.4. The highest BCUT2D eigenvalue weighted by Crippen LogP contribution is 2.39. The Labute approximate surface area is 111 Å². The second-order valence-corrected chi connectivity index (χ2v) is 3.96. The number of nitrogens with zero attached hydrogens (tertiary/aromatic N) is 3. The monoisotopic (exact) mass is 286 g/mol. The molecule has 0 saturated carbocycles. The first-order chi connectivity index (χ1) is 9.23. The fraction of sp³-hybridized carbons (Fsp3) is 0.333. The van der Waals surface area contributed by atoms with Crippen molar-refractivity contribution in [2.24, 2.45) is 0 Å². The molecule has 0 spiro atoms. The van der Waals surface area contributed by atoms with Crippen LogP contribution in [0.4, 0.5) is 17.1 Å². The van der Waals surface area contributed by atoms with Gasteiger partial charge >= 0.3 is 17.1 Å². The summed E-state index contributed by atoms with van der Waals surface area (Å²) in [7, 11) is 0. The van der Waals surface area contributed by atoms with Crippen LogP contribution in [0.2, 0.25) is 0 Å². The third-order valence-corrected chi connectivity index (χ3v) is 2.04. The molecule has 0 aromatic heterocycles. The normalized spacial score (nSPS) is 10.3. The third-order valence-electron chi connectivity index (χ3n) is 2.04. The van der Waals surface area contributed by atoms with Crippen molar-refractivity contribution in [3.05, 3.63) is 42.5 Å². The minimum atomic E-state index is -0.989. The van der Waals surface area contributed by atoms with E-state index in [1.807, 2.05) is 0 Å². The Morgan fingerprint density at radius 2 is 1.45 bits per heavy atom. The van der Waals surface area contributed by atoms with E-state index in [0.29, 0.717) is 12.1 Å². The van der Waals surface area contributed by atoms with Crippen LogP contribution in [0.1, 0.15) is 13.8 Å². The van der Waals surface area contributed by atoms with Crippen LogP contribution >= 0.6 is 0 Å².